The zero-order valence-electron chi connectivity index (χ0n) is 14.9. The van der Waals surface area contributed by atoms with Gasteiger partial charge >= 0.3 is 0 Å². The fourth-order valence-electron chi connectivity index (χ4n) is 3.23. The van der Waals surface area contributed by atoms with Crippen LogP contribution in [0.5, 0.6) is 5.75 Å². The summed E-state index contributed by atoms with van der Waals surface area (Å²) >= 11 is 0. The second-order valence-electron chi connectivity index (χ2n) is 6.40. The number of ether oxygens (including phenoxy) is 1. The maximum absolute atomic E-state index is 5.46. The first-order chi connectivity index (χ1) is 12.8. The van der Waals surface area contributed by atoms with E-state index in [9.17, 15) is 0 Å². The Bertz CT molecular complexity index is 873. The third-order valence-corrected chi connectivity index (χ3v) is 4.61. The molecule has 4 rings (SSSR count). The Morgan fingerprint density at radius 3 is 2.15 bits per heavy atom. The van der Waals surface area contributed by atoms with E-state index in [1.807, 2.05) is 37.4 Å². The summed E-state index contributed by atoms with van der Waals surface area (Å²) in [5, 5.41) is 0. The molecule has 3 aromatic rings. The van der Waals surface area contributed by atoms with Gasteiger partial charge in [-0.2, -0.15) is 0 Å². The third-order valence-electron chi connectivity index (χ3n) is 4.61. The van der Waals surface area contributed by atoms with E-state index in [0.717, 1.165) is 30.1 Å². The minimum atomic E-state index is 0.682. The molecule has 26 heavy (non-hydrogen) atoms. The van der Waals surface area contributed by atoms with Crippen molar-refractivity contribution in [1.82, 2.24) is 0 Å². The number of aliphatic imine (C=N–C) groups is 1. The Hall–Kier alpha value is -3.07. The molecule has 1 heterocycles. The first-order valence-electron chi connectivity index (χ1n) is 9.00. The van der Waals surface area contributed by atoms with Gasteiger partial charge < -0.3 is 9.64 Å². The normalized spacial score (nSPS) is 13.2. The molecule has 0 spiro atoms. The first-order valence-corrected chi connectivity index (χ1v) is 9.00. The predicted octanol–water partition coefficient (Wildman–Crippen LogP) is 5.36. The van der Waals surface area contributed by atoms with Gasteiger partial charge in [-0.05, 0) is 72.1 Å². The third kappa shape index (κ3) is 3.62. The second-order valence-corrected chi connectivity index (χ2v) is 6.40. The van der Waals surface area contributed by atoms with Crippen molar-refractivity contribution < 1.29 is 4.74 Å². The van der Waals surface area contributed by atoms with Crippen LogP contribution in [0, 0.1) is 0 Å². The Labute approximate surface area is 154 Å². The van der Waals surface area contributed by atoms with Crippen molar-refractivity contribution >= 4 is 17.6 Å². The van der Waals surface area contributed by atoms with Crippen molar-refractivity contribution in [1.29, 1.82) is 0 Å². The van der Waals surface area contributed by atoms with Crippen molar-refractivity contribution in [2.24, 2.45) is 4.99 Å². The van der Waals surface area contributed by atoms with Crippen LogP contribution in [0.15, 0.2) is 77.8 Å². The monoisotopic (exact) mass is 342 g/mol. The Morgan fingerprint density at radius 2 is 1.54 bits per heavy atom. The summed E-state index contributed by atoms with van der Waals surface area (Å²) in [5.41, 5.74) is 6.10. The molecule has 3 heteroatoms. The average Bonchev–Trinajstić information content (AvgIpc) is 3.12. The van der Waals surface area contributed by atoms with Crippen molar-refractivity contribution in [2.75, 3.05) is 11.5 Å². The van der Waals surface area contributed by atoms with Gasteiger partial charge in [0.25, 0.3) is 0 Å². The van der Waals surface area contributed by atoms with Crippen molar-refractivity contribution in [3.8, 4) is 5.75 Å². The summed E-state index contributed by atoms with van der Waals surface area (Å²) in [7, 11) is 0. The Balaban J connectivity index is 1.42. The molecular weight excluding hydrogens is 320 g/mol. The molecule has 0 aliphatic carbocycles. The molecule has 1 aliphatic rings. The van der Waals surface area contributed by atoms with Crippen LogP contribution in [0.2, 0.25) is 0 Å². The molecule has 0 unspecified atom stereocenters. The number of rotatable bonds is 5. The maximum atomic E-state index is 5.46. The molecule has 3 aromatic carbocycles. The van der Waals surface area contributed by atoms with Crippen molar-refractivity contribution in [3.63, 3.8) is 0 Å². The van der Waals surface area contributed by atoms with E-state index in [2.05, 4.69) is 58.4 Å². The highest BCUT2D eigenvalue weighted by Gasteiger charge is 2.18. The maximum Gasteiger partial charge on any atom is 0.119 e. The number of anilines is 1. The van der Waals surface area contributed by atoms with Gasteiger partial charge in [-0.15, -0.1) is 0 Å². The highest BCUT2D eigenvalue weighted by atomic mass is 16.5. The quantitative estimate of drug-likeness (QED) is 0.583. The van der Waals surface area contributed by atoms with Crippen molar-refractivity contribution in [3.05, 3.63) is 89.5 Å². The SMILES string of the molecule is CCOc1ccc(C=Nc2ccc(N3Cc4ccccc4C3)cc2)cc1. The lowest BCUT2D eigenvalue weighted by atomic mass is 10.1. The van der Waals surface area contributed by atoms with Crippen LogP contribution in [-0.4, -0.2) is 12.8 Å². The van der Waals surface area contributed by atoms with Crippen LogP contribution in [0.3, 0.4) is 0 Å². The average molecular weight is 342 g/mol. The Morgan fingerprint density at radius 1 is 0.885 bits per heavy atom. The molecule has 0 radical (unpaired) electrons. The van der Waals surface area contributed by atoms with Crippen LogP contribution in [0.4, 0.5) is 11.4 Å². The summed E-state index contributed by atoms with van der Waals surface area (Å²) in [5.74, 6) is 0.889. The lowest BCUT2D eigenvalue weighted by Gasteiger charge is -2.17. The first kappa shape index (κ1) is 16.4. The lowest BCUT2D eigenvalue weighted by Crippen LogP contribution is -2.13. The van der Waals surface area contributed by atoms with E-state index in [-0.39, 0.29) is 0 Å². The molecule has 0 atom stereocenters. The highest BCUT2D eigenvalue weighted by Crippen LogP contribution is 2.29. The van der Waals surface area contributed by atoms with E-state index < -0.39 is 0 Å². The van der Waals surface area contributed by atoms with Gasteiger partial charge in [0.1, 0.15) is 5.75 Å². The standard InChI is InChI=1S/C23H22N2O/c1-2-26-23-13-7-18(8-14-23)15-24-21-9-11-22(12-10-21)25-16-19-5-3-4-6-20(19)17-25/h3-15H,2,16-17H2,1H3. The van der Waals surface area contributed by atoms with E-state index >= 15 is 0 Å². The molecule has 0 aromatic heterocycles. The lowest BCUT2D eigenvalue weighted by molar-refractivity contribution is 0.340. The van der Waals surface area contributed by atoms with Gasteiger partial charge in [-0.1, -0.05) is 24.3 Å². The van der Waals surface area contributed by atoms with Crippen LogP contribution in [0.1, 0.15) is 23.6 Å². The van der Waals surface area contributed by atoms with E-state index in [1.54, 1.807) is 0 Å². The van der Waals surface area contributed by atoms with E-state index in [0.29, 0.717) is 6.61 Å². The number of nitrogens with zero attached hydrogens (tertiary/aromatic N) is 2. The smallest absolute Gasteiger partial charge is 0.119 e. The van der Waals surface area contributed by atoms with E-state index in [4.69, 9.17) is 4.74 Å². The molecule has 0 fully saturated rings. The van der Waals surface area contributed by atoms with E-state index in [1.165, 1.54) is 16.8 Å². The second kappa shape index (κ2) is 7.44. The molecule has 0 saturated carbocycles. The number of benzene rings is 3. The van der Waals surface area contributed by atoms with Crippen LogP contribution < -0.4 is 9.64 Å². The summed E-state index contributed by atoms with van der Waals surface area (Å²) in [6.45, 7) is 4.62. The fraction of sp³-hybridized carbons (Fsp3) is 0.174. The van der Waals surface area contributed by atoms with Gasteiger partial charge in [0.15, 0.2) is 0 Å². The van der Waals surface area contributed by atoms with Gasteiger partial charge in [0.2, 0.25) is 0 Å². The summed E-state index contributed by atoms with van der Waals surface area (Å²) < 4.78 is 5.46. The molecule has 130 valence electrons. The Kier molecular flexibility index (Phi) is 4.69. The molecule has 0 amide bonds. The molecule has 0 saturated heterocycles. The molecule has 0 bridgehead atoms. The number of hydrogen-bond donors (Lipinski definition) is 0. The van der Waals surface area contributed by atoms with Crippen LogP contribution >= 0.6 is 0 Å². The molecule has 0 N–H and O–H groups in total. The minimum absolute atomic E-state index is 0.682. The van der Waals surface area contributed by atoms with Gasteiger partial charge in [0, 0.05) is 25.0 Å². The minimum Gasteiger partial charge on any atom is -0.494 e. The van der Waals surface area contributed by atoms with Gasteiger partial charge in [-0.3, -0.25) is 4.99 Å². The molecular formula is C23H22N2O. The predicted molar refractivity (Wildman–Crippen MR) is 108 cm³/mol. The molecule has 1 aliphatic heterocycles. The summed E-state index contributed by atoms with van der Waals surface area (Å²) in [6, 6.07) is 25.1. The van der Waals surface area contributed by atoms with Gasteiger partial charge in [-0.25, -0.2) is 0 Å². The van der Waals surface area contributed by atoms with Gasteiger partial charge in [0.05, 0.1) is 12.3 Å². The zero-order valence-corrected chi connectivity index (χ0v) is 14.9. The van der Waals surface area contributed by atoms with Crippen molar-refractivity contribution in [2.45, 2.75) is 20.0 Å². The zero-order chi connectivity index (χ0) is 17.8. The molecule has 3 nitrogen and oxygen atoms in total. The number of hydrogen-bond acceptors (Lipinski definition) is 3. The number of fused-ring (bicyclic) bond motifs is 1. The summed E-state index contributed by atoms with van der Waals surface area (Å²) in [4.78, 5) is 6.97. The van der Waals surface area contributed by atoms with Crippen LogP contribution in [-0.2, 0) is 13.1 Å². The highest BCUT2D eigenvalue weighted by molar-refractivity contribution is 5.82. The topological polar surface area (TPSA) is 24.8 Å². The summed E-state index contributed by atoms with van der Waals surface area (Å²) in [6.07, 6.45) is 1.89. The largest absolute Gasteiger partial charge is 0.494 e. The fourth-order valence-corrected chi connectivity index (χ4v) is 3.23. The van der Waals surface area contributed by atoms with Crippen LogP contribution in [0.25, 0.3) is 0 Å².